The molecule has 9 heteroatoms. The molecule has 0 bridgehead atoms. The van der Waals surface area contributed by atoms with Crippen LogP contribution in [0.4, 0.5) is 11.4 Å². The van der Waals surface area contributed by atoms with Crippen molar-refractivity contribution in [3.05, 3.63) is 69.8 Å². The number of morpholine rings is 1. The van der Waals surface area contributed by atoms with E-state index in [0.717, 1.165) is 6.07 Å². The number of nitrogens with zero attached hydrogens (tertiary/aromatic N) is 2. The molecule has 0 saturated carbocycles. The first-order valence-electron chi connectivity index (χ1n) is 9.10. The number of nitro benzene ring substituents is 1. The van der Waals surface area contributed by atoms with Crippen LogP contribution in [0.5, 0.6) is 0 Å². The zero-order chi connectivity index (χ0) is 20.8. The van der Waals surface area contributed by atoms with Crippen molar-refractivity contribution in [1.29, 1.82) is 0 Å². The second kappa shape index (κ2) is 9.16. The molecular formula is C20H21N3O6. The van der Waals surface area contributed by atoms with Gasteiger partial charge in [-0.25, -0.2) is 4.79 Å². The van der Waals surface area contributed by atoms with Gasteiger partial charge in [0, 0.05) is 31.8 Å². The SMILES string of the molecule is CNc1ccc(C(=O)O[C@@H](C(=O)N2CCOCC2)c2ccccc2)cc1[N+](=O)[O-]. The summed E-state index contributed by atoms with van der Waals surface area (Å²) < 4.78 is 10.8. The van der Waals surface area contributed by atoms with Gasteiger partial charge in [0.2, 0.25) is 6.10 Å². The molecule has 3 rings (SSSR count). The van der Waals surface area contributed by atoms with Gasteiger partial charge in [-0.1, -0.05) is 30.3 Å². The summed E-state index contributed by atoms with van der Waals surface area (Å²) in [6.07, 6.45) is -1.15. The Morgan fingerprint density at radius 1 is 1.17 bits per heavy atom. The van der Waals surface area contributed by atoms with Gasteiger partial charge >= 0.3 is 5.97 Å². The highest BCUT2D eigenvalue weighted by Crippen LogP contribution is 2.27. The predicted octanol–water partition coefficient (Wildman–Crippen LogP) is 2.39. The van der Waals surface area contributed by atoms with E-state index in [-0.39, 0.29) is 22.8 Å². The minimum atomic E-state index is -1.15. The van der Waals surface area contributed by atoms with Crippen LogP contribution in [-0.4, -0.2) is 55.1 Å². The van der Waals surface area contributed by atoms with E-state index in [0.29, 0.717) is 31.9 Å². The summed E-state index contributed by atoms with van der Waals surface area (Å²) in [6, 6.07) is 12.7. The van der Waals surface area contributed by atoms with Gasteiger partial charge in [-0.05, 0) is 12.1 Å². The van der Waals surface area contributed by atoms with Crippen LogP contribution < -0.4 is 5.32 Å². The monoisotopic (exact) mass is 399 g/mol. The number of benzene rings is 2. The summed E-state index contributed by atoms with van der Waals surface area (Å²) in [7, 11) is 1.55. The summed E-state index contributed by atoms with van der Waals surface area (Å²) in [5.41, 5.74) is 0.540. The highest BCUT2D eigenvalue weighted by Gasteiger charge is 2.31. The minimum Gasteiger partial charge on any atom is -0.444 e. The fourth-order valence-corrected chi connectivity index (χ4v) is 3.03. The van der Waals surface area contributed by atoms with Crippen molar-refractivity contribution < 1.29 is 24.0 Å². The first-order chi connectivity index (χ1) is 14.0. The zero-order valence-electron chi connectivity index (χ0n) is 15.9. The molecule has 0 aromatic heterocycles. The van der Waals surface area contributed by atoms with Gasteiger partial charge in [0.15, 0.2) is 0 Å². The standard InChI is InChI=1S/C20H21N3O6/c1-21-16-8-7-15(13-17(16)23(26)27)20(25)29-18(14-5-3-2-4-6-14)19(24)22-9-11-28-12-10-22/h2-8,13,18,21H,9-12H2,1H3/t18-/m1/s1. The second-order valence-electron chi connectivity index (χ2n) is 6.37. The molecule has 2 aromatic carbocycles. The summed E-state index contributed by atoms with van der Waals surface area (Å²) >= 11 is 0. The van der Waals surface area contributed by atoms with E-state index < -0.39 is 17.0 Å². The molecule has 1 atom stereocenters. The third-order valence-electron chi connectivity index (χ3n) is 4.57. The van der Waals surface area contributed by atoms with Crippen LogP contribution in [-0.2, 0) is 14.3 Å². The lowest BCUT2D eigenvalue weighted by Crippen LogP contribution is -2.44. The van der Waals surface area contributed by atoms with E-state index in [2.05, 4.69) is 5.32 Å². The van der Waals surface area contributed by atoms with Crippen molar-refractivity contribution in [3.8, 4) is 0 Å². The maximum absolute atomic E-state index is 13.0. The number of nitrogens with one attached hydrogen (secondary N) is 1. The topological polar surface area (TPSA) is 111 Å². The zero-order valence-corrected chi connectivity index (χ0v) is 15.9. The Morgan fingerprint density at radius 2 is 1.86 bits per heavy atom. The molecular weight excluding hydrogens is 378 g/mol. The quantitative estimate of drug-likeness (QED) is 0.451. The third kappa shape index (κ3) is 4.69. The largest absolute Gasteiger partial charge is 0.444 e. The molecule has 1 amide bonds. The van der Waals surface area contributed by atoms with Gasteiger partial charge in [-0.3, -0.25) is 14.9 Å². The van der Waals surface area contributed by atoms with Crippen LogP contribution in [0.2, 0.25) is 0 Å². The van der Waals surface area contributed by atoms with Gasteiger partial charge in [0.1, 0.15) is 5.69 Å². The van der Waals surface area contributed by atoms with E-state index in [1.165, 1.54) is 12.1 Å². The molecule has 1 aliphatic rings. The summed E-state index contributed by atoms with van der Waals surface area (Å²) in [6.45, 7) is 1.64. The Kier molecular flexibility index (Phi) is 6.40. The Hall–Kier alpha value is -3.46. The Labute approximate surface area is 167 Å². The van der Waals surface area contributed by atoms with Crippen LogP contribution in [0.25, 0.3) is 0 Å². The molecule has 1 aliphatic heterocycles. The van der Waals surface area contributed by atoms with Crippen molar-refractivity contribution in [1.82, 2.24) is 4.90 Å². The molecule has 9 nitrogen and oxygen atoms in total. The Balaban J connectivity index is 1.87. The summed E-state index contributed by atoms with van der Waals surface area (Å²) in [5, 5.41) is 14.0. The first-order valence-corrected chi connectivity index (χ1v) is 9.10. The highest BCUT2D eigenvalue weighted by atomic mass is 16.6. The number of hydrogen-bond donors (Lipinski definition) is 1. The number of hydrogen-bond acceptors (Lipinski definition) is 7. The first kappa shape index (κ1) is 20.3. The molecule has 1 heterocycles. The minimum absolute atomic E-state index is 0.00795. The van der Waals surface area contributed by atoms with Crippen LogP contribution in [0.1, 0.15) is 22.0 Å². The van der Waals surface area contributed by atoms with Gasteiger partial charge in [0.05, 0.1) is 23.7 Å². The van der Waals surface area contributed by atoms with E-state index in [9.17, 15) is 19.7 Å². The maximum Gasteiger partial charge on any atom is 0.339 e. The molecule has 152 valence electrons. The predicted molar refractivity (Wildman–Crippen MR) is 105 cm³/mol. The van der Waals surface area contributed by atoms with Crippen molar-refractivity contribution in [2.24, 2.45) is 0 Å². The lowest BCUT2D eigenvalue weighted by molar-refractivity contribution is -0.384. The van der Waals surface area contributed by atoms with Crippen LogP contribution in [0, 0.1) is 10.1 Å². The van der Waals surface area contributed by atoms with Gasteiger partial charge in [-0.15, -0.1) is 0 Å². The average Bonchev–Trinajstić information content (AvgIpc) is 2.77. The lowest BCUT2D eigenvalue weighted by Gasteiger charge is -2.30. The second-order valence-corrected chi connectivity index (χ2v) is 6.37. The van der Waals surface area contributed by atoms with Gasteiger partial charge in [0.25, 0.3) is 11.6 Å². The number of amides is 1. The maximum atomic E-state index is 13.0. The van der Waals surface area contributed by atoms with Crippen molar-refractivity contribution in [2.45, 2.75) is 6.10 Å². The van der Waals surface area contributed by atoms with Crippen LogP contribution in [0.15, 0.2) is 48.5 Å². The number of rotatable bonds is 6. The number of ether oxygens (including phenoxy) is 2. The molecule has 0 spiro atoms. The van der Waals surface area contributed by atoms with E-state index in [1.807, 2.05) is 0 Å². The molecule has 0 unspecified atom stereocenters. The molecule has 1 saturated heterocycles. The number of nitro groups is 1. The van der Waals surface area contributed by atoms with E-state index in [1.54, 1.807) is 42.3 Å². The van der Waals surface area contributed by atoms with Crippen molar-refractivity contribution in [2.75, 3.05) is 38.7 Å². The van der Waals surface area contributed by atoms with Gasteiger partial charge in [-0.2, -0.15) is 0 Å². The molecule has 29 heavy (non-hydrogen) atoms. The molecule has 0 radical (unpaired) electrons. The summed E-state index contributed by atoms with van der Waals surface area (Å²) in [5.74, 6) is -1.17. The average molecular weight is 399 g/mol. The van der Waals surface area contributed by atoms with E-state index >= 15 is 0 Å². The van der Waals surface area contributed by atoms with Gasteiger partial charge < -0.3 is 19.7 Å². The van der Waals surface area contributed by atoms with Crippen LogP contribution >= 0.6 is 0 Å². The number of anilines is 1. The van der Waals surface area contributed by atoms with E-state index in [4.69, 9.17) is 9.47 Å². The Morgan fingerprint density at radius 3 is 2.48 bits per heavy atom. The highest BCUT2D eigenvalue weighted by molar-refractivity contribution is 5.94. The fourth-order valence-electron chi connectivity index (χ4n) is 3.03. The fraction of sp³-hybridized carbons (Fsp3) is 0.300. The lowest BCUT2D eigenvalue weighted by atomic mass is 10.1. The Bertz CT molecular complexity index is 896. The molecule has 2 aromatic rings. The number of carbonyl (C=O) groups excluding carboxylic acids is 2. The molecule has 1 fully saturated rings. The number of esters is 1. The number of carbonyl (C=O) groups is 2. The third-order valence-corrected chi connectivity index (χ3v) is 4.57. The van der Waals surface area contributed by atoms with Crippen LogP contribution in [0.3, 0.4) is 0 Å². The molecule has 1 N–H and O–H groups in total. The molecule has 0 aliphatic carbocycles. The smallest absolute Gasteiger partial charge is 0.339 e. The normalized spacial score (nSPS) is 14.7. The van der Waals surface area contributed by atoms with Crippen molar-refractivity contribution in [3.63, 3.8) is 0 Å². The van der Waals surface area contributed by atoms with Crippen molar-refractivity contribution >= 4 is 23.3 Å². The summed E-state index contributed by atoms with van der Waals surface area (Å²) in [4.78, 5) is 38.0.